The summed E-state index contributed by atoms with van der Waals surface area (Å²) < 4.78 is 14.8. The van der Waals surface area contributed by atoms with Crippen molar-refractivity contribution >= 4 is 45.0 Å². The second-order valence-corrected chi connectivity index (χ2v) is 11.9. The molecule has 20 heavy (non-hydrogen) atoms. The van der Waals surface area contributed by atoms with Gasteiger partial charge in [-0.15, -0.1) is 0 Å². The van der Waals surface area contributed by atoms with Gasteiger partial charge in [-0.05, 0) is 67.3 Å². The van der Waals surface area contributed by atoms with Crippen LogP contribution in [0.15, 0.2) is 0 Å². The normalized spacial score (nSPS) is 19.4. The van der Waals surface area contributed by atoms with E-state index in [2.05, 4.69) is 39.8 Å². The van der Waals surface area contributed by atoms with Gasteiger partial charge in [0.25, 0.3) is 0 Å². The summed E-state index contributed by atoms with van der Waals surface area (Å²) in [6, 6.07) is 2.20. The second kappa shape index (κ2) is 8.34. The van der Waals surface area contributed by atoms with Gasteiger partial charge >= 0.3 is 11.3 Å². The number of rotatable bonds is 0. The second-order valence-electron chi connectivity index (χ2n) is 5.29. The molecular formula is C11H18Cl3N2O3P. The standard InChI is InChI=1S/C11H18N2O2.Cl3OP/c1-11(2,3)15-10(14)13-6-4-5-9(7-12)8-13;1-5(2,3)4/h9H,4-6,8H2,1-3H3;. The maximum absolute atomic E-state index is 11.7. The first-order valence-corrected chi connectivity index (χ1v) is 10.4. The van der Waals surface area contributed by atoms with Crippen molar-refractivity contribution in [3.05, 3.63) is 0 Å². The number of carbonyl (C=O) groups is 1. The number of piperidine rings is 1. The van der Waals surface area contributed by atoms with Crippen LogP contribution in [-0.2, 0) is 9.30 Å². The van der Waals surface area contributed by atoms with Crippen molar-refractivity contribution in [2.24, 2.45) is 5.92 Å². The fraction of sp³-hybridized carbons (Fsp3) is 0.818. The quantitative estimate of drug-likeness (QED) is 0.570. The summed E-state index contributed by atoms with van der Waals surface area (Å²) in [7, 11) is 0. The van der Waals surface area contributed by atoms with Crippen LogP contribution in [0.5, 0.6) is 0 Å². The van der Waals surface area contributed by atoms with E-state index in [4.69, 9.17) is 10.00 Å². The van der Waals surface area contributed by atoms with Crippen molar-refractivity contribution < 1.29 is 14.1 Å². The molecule has 0 aromatic rings. The van der Waals surface area contributed by atoms with Crippen LogP contribution < -0.4 is 0 Å². The van der Waals surface area contributed by atoms with Gasteiger partial charge in [-0.25, -0.2) is 4.79 Å². The van der Waals surface area contributed by atoms with E-state index in [1.165, 1.54) is 0 Å². The zero-order chi connectivity index (χ0) is 16.0. The summed E-state index contributed by atoms with van der Waals surface area (Å²) in [4.78, 5) is 13.3. The molecule has 1 saturated heterocycles. The number of hydrogen-bond acceptors (Lipinski definition) is 4. The van der Waals surface area contributed by atoms with Gasteiger partial charge in [0.15, 0.2) is 0 Å². The van der Waals surface area contributed by atoms with Gasteiger partial charge < -0.3 is 9.64 Å². The molecular weight excluding hydrogens is 345 g/mol. The Kier molecular flexibility index (Phi) is 8.28. The fourth-order valence-corrected chi connectivity index (χ4v) is 1.57. The van der Waals surface area contributed by atoms with E-state index in [1.54, 1.807) is 4.90 Å². The van der Waals surface area contributed by atoms with Crippen molar-refractivity contribution in [2.45, 2.75) is 39.2 Å². The number of halogens is 3. The van der Waals surface area contributed by atoms with Crippen LogP contribution in [0.4, 0.5) is 4.79 Å². The summed E-state index contributed by atoms with van der Waals surface area (Å²) in [6.45, 7) is 6.74. The van der Waals surface area contributed by atoms with Gasteiger partial charge in [0.05, 0.1) is 12.0 Å². The molecule has 116 valence electrons. The molecule has 1 atom stereocenters. The lowest BCUT2D eigenvalue weighted by molar-refractivity contribution is 0.0189. The molecule has 0 spiro atoms. The van der Waals surface area contributed by atoms with Crippen LogP contribution in [0.25, 0.3) is 0 Å². The van der Waals surface area contributed by atoms with Gasteiger partial charge in [-0.2, -0.15) is 5.26 Å². The van der Waals surface area contributed by atoms with Gasteiger partial charge in [0, 0.05) is 13.1 Å². The molecule has 1 amide bonds. The lowest BCUT2D eigenvalue weighted by Crippen LogP contribution is -2.42. The summed E-state index contributed by atoms with van der Waals surface area (Å²) in [5.74, 6) is -0.0359. The minimum Gasteiger partial charge on any atom is -0.444 e. The minimum absolute atomic E-state index is 0.0359. The van der Waals surface area contributed by atoms with Crippen LogP contribution in [0.2, 0.25) is 0 Å². The van der Waals surface area contributed by atoms with Crippen LogP contribution >= 0.6 is 38.9 Å². The van der Waals surface area contributed by atoms with E-state index < -0.39 is 10.8 Å². The number of likely N-dealkylation sites (tertiary alicyclic amines) is 1. The Hall–Kier alpha value is -0.140. The minimum atomic E-state index is -3.22. The highest BCUT2D eigenvalue weighted by Gasteiger charge is 2.27. The third-order valence-electron chi connectivity index (χ3n) is 2.26. The molecule has 0 aromatic carbocycles. The van der Waals surface area contributed by atoms with Crippen molar-refractivity contribution in [2.75, 3.05) is 13.1 Å². The zero-order valence-corrected chi connectivity index (χ0v) is 14.8. The molecule has 1 aliphatic heterocycles. The molecule has 5 nitrogen and oxygen atoms in total. The average molecular weight is 364 g/mol. The van der Waals surface area contributed by atoms with E-state index in [-0.39, 0.29) is 12.0 Å². The van der Waals surface area contributed by atoms with Gasteiger partial charge in [-0.1, -0.05) is 0 Å². The Morgan fingerprint density at radius 3 is 2.30 bits per heavy atom. The Bertz CT molecular complexity index is 406. The predicted molar refractivity (Wildman–Crippen MR) is 81.3 cm³/mol. The fourth-order valence-electron chi connectivity index (χ4n) is 1.57. The summed E-state index contributed by atoms with van der Waals surface area (Å²) in [5.41, 5.74) is -0.462. The van der Waals surface area contributed by atoms with Gasteiger partial charge in [0.1, 0.15) is 5.60 Å². The smallest absolute Gasteiger partial charge is 0.410 e. The first-order chi connectivity index (χ1) is 8.92. The lowest BCUT2D eigenvalue weighted by atomic mass is 10.0. The van der Waals surface area contributed by atoms with Crippen LogP contribution in [0.1, 0.15) is 33.6 Å². The maximum Gasteiger partial charge on any atom is 0.410 e. The van der Waals surface area contributed by atoms with Gasteiger partial charge in [0.2, 0.25) is 0 Å². The van der Waals surface area contributed by atoms with E-state index in [0.29, 0.717) is 13.1 Å². The molecule has 1 fully saturated rings. The van der Waals surface area contributed by atoms with Crippen molar-refractivity contribution in [1.82, 2.24) is 4.90 Å². The Labute approximate surface area is 133 Å². The zero-order valence-electron chi connectivity index (χ0n) is 11.6. The van der Waals surface area contributed by atoms with Crippen LogP contribution in [0.3, 0.4) is 0 Å². The predicted octanol–water partition coefficient (Wildman–Crippen LogP) is 4.97. The maximum atomic E-state index is 11.7. The molecule has 1 aliphatic rings. The van der Waals surface area contributed by atoms with Gasteiger partial charge in [-0.3, -0.25) is 4.57 Å². The SMILES string of the molecule is CC(C)(C)OC(=O)N1CCCC(C#N)C1.O=P(Cl)(Cl)Cl. The molecule has 0 radical (unpaired) electrons. The van der Waals surface area contributed by atoms with E-state index >= 15 is 0 Å². The molecule has 0 bridgehead atoms. The number of nitrogens with zero attached hydrogens (tertiary/aromatic N) is 2. The van der Waals surface area contributed by atoms with E-state index in [0.717, 1.165) is 12.8 Å². The van der Waals surface area contributed by atoms with E-state index in [1.807, 2.05) is 20.8 Å². The van der Waals surface area contributed by atoms with E-state index in [9.17, 15) is 9.36 Å². The van der Waals surface area contributed by atoms with Crippen molar-refractivity contribution in [3.63, 3.8) is 0 Å². The summed E-state index contributed by atoms with van der Waals surface area (Å²) in [6.07, 6.45) is 1.47. The molecule has 0 saturated carbocycles. The highest BCUT2D eigenvalue weighted by Crippen LogP contribution is 2.61. The first kappa shape index (κ1) is 19.9. The first-order valence-electron chi connectivity index (χ1n) is 5.99. The molecule has 1 heterocycles. The number of nitriles is 1. The Balaban J connectivity index is 0.000000621. The van der Waals surface area contributed by atoms with Crippen molar-refractivity contribution in [1.29, 1.82) is 5.26 Å². The Morgan fingerprint density at radius 2 is 1.90 bits per heavy atom. The molecule has 9 heteroatoms. The lowest BCUT2D eigenvalue weighted by Gasteiger charge is -2.31. The van der Waals surface area contributed by atoms with Crippen molar-refractivity contribution in [3.8, 4) is 6.07 Å². The molecule has 1 rings (SSSR count). The molecule has 1 unspecified atom stereocenters. The Morgan fingerprint density at radius 1 is 1.40 bits per heavy atom. The summed E-state index contributed by atoms with van der Waals surface area (Å²) in [5, 5.41) is 5.57. The molecule has 0 N–H and O–H groups in total. The van der Waals surface area contributed by atoms with Crippen LogP contribution in [0, 0.1) is 17.2 Å². The summed E-state index contributed by atoms with van der Waals surface area (Å²) >= 11 is 13.8. The van der Waals surface area contributed by atoms with Crippen LogP contribution in [-0.4, -0.2) is 29.7 Å². The average Bonchev–Trinajstić information content (AvgIpc) is 2.24. The highest BCUT2D eigenvalue weighted by molar-refractivity contribution is 8.24. The molecule has 0 aliphatic carbocycles. The number of hydrogen-bond donors (Lipinski definition) is 0. The third kappa shape index (κ3) is 11.7. The number of carbonyl (C=O) groups excluding carboxylic acids is 1. The largest absolute Gasteiger partial charge is 0.444 e. The topological polar surface area (TPSA) is 70.4 Å². The monoisotopic (exact) mass is 362 g/mol. The number of amides is 1. The number of ether oxygens (including phenoxy) is 1. The third-order valence-corrected chi connectivity index (χ3v) is 2.26. The highest BCUT2D eigenvalue weighted by atomic mass is 36.0. The molecule has 0 aromatic heterocycles.